The zero-order valence-electron chi connectivity index (χ0n) is 10.8. The molecule has 4 nitrogen and oxygen atoms in total. The molecule has 0 aliphatic rings. The van der Waals surface area contributed by atoms with E-state index in [1.807, 2.05) is 6.92 Å². The predicted octanol–water partition coefficient (Wildman–Crippen LogP) is 4.07. The van der Waals surface area contributed by atoms with Crippen LogP contribution < -0.4 is 10.6 Å². The van der Waals surface area contributed by atoms with Crippen molar-refractivity contribution in [1.29, 1.82) is 0 Å². The molecule has 6 heteroatoms. The van der Waals surface area contributed by atoms with Gasteiger partial charge in [-0.2, -0.15) is 0 Å². The number of halogens is 2. The van der Waals surface area contributed by atoms with Gasteiger partial charge in [0.1, 0.15) is 11.0 Å². The Hall–Kier alpha value is -1.78. The molecule has 2 aromatic rings. The minimum Gasteiger partial charge on any atom is -0.370 e. The summed E-state index contributed by atoms with van der Waals surface area (Å²) in [5.74, 6) is 0.317. The number of carbonyl (C=O) groups is 1. The van der Waals surface area contributed by atoms with Gasteiger partial charge in [0.15, 0.2) is 0 Å². The van der Waals surface area contributed by atoms with Gasteiger partial charge in [0.05, 0.1) is 0 Å². The highest BCUT2D eigenvalue weighted by molar-refractivity contribution is 6.30. The van der Waals surface area contributed by atoms with E-state index in [0.29, 0.717) is 28.6 Å². The molecular weight excluding hydrogens is 297 g/mol. The third-order valence-electron chi connectivity index (χ3n) is 2.52. The lowest BCUT2D eigenvalue weighted by molar-refractivity contribution is 0.102. The first-order valence-electron chi connectivity index (χ1n) is 6.07. The molecule has 1 aromatic heterocycles. The summed E-state index contributed by atoms with van der Waals surface area (Å²) in [6.45, 7) is 2.64. The average Bonchev–Trinajstić information content (AvgIpc) is 2.41. The zero-order chi connectivity index (χ0) is 14.5. The first-order valence-corrected chi connectivity index (χ1v) is 6.82. The molecule has 0 aliphatic heterocycles. The Morgan fingerprint density at radius 2 is 1.90 bits per heavy atom. The molecule has 0 fully saturated rings. The third kappa shape index (κ3) is 3.85. The number of rotatable bonds is 4. The van der Waals surface area contributed by atoms with Crippen LogP contribution in [0.2, 0.25) is 10.2 Å². The van der Waals surface area contributed by atoms with Crippen molar-refractivity contribution in [3.8, 4) is 0 Å². The van der Waals surface area contributed by atoms with E-state index in [0.717, 1.165) is 0 Å². The minimum atomic E-state index is -0.254. The Labute approximate surface area is 127 Å². The molecule has 0 unspecified atom stereocenters. The van der Waals surface area contributed by atoms with Crippen LogP contribution in [-0.2, 0) is 0 Å². The first kappa shape index (κ1) is 14.6. The van der Waals surface area contributed by atoms with Gasteiger partial charge >= 0.3 is 0 Å². The molecule has 0 saturated carbocycles. The van der Waals surface area contributed by atoms with E-state index in [1.54, 1.807) is 30.3 Å². The van der Waals surface area contributed by atoms with E-state index in [1.165, 1.54) is 6.07 Å². The highest BCUT2D eigenvalue weighted by Gasteiger charge is 2.09. The lowest BCUT2D eigenvalue weighted by Gasteiger charge is -2.08. The molecule has 0 aliphatic carbocycles. The van der Waals surface area contributed by atoms with Crippen molar-refractivity contribution in [3.05, 3.63) is 52.1 Å². The number of anilines is 2. The second-order valence-corrected chi connectivity index (χ2v) is 4.88. The molecule has 104 valence electrons. The Kier molecular flexibility index (Phi) is 4.82. The number of pyridine rings is 1. The van der Waals surface area contributed by atoms with Crippen LogP contribution in [0.25, 0.3) is 0 Å². The molecule has 2 N–H and O–H groups in total. The summed E-state index contributed by atoms with van der Waals surface area (Å²) >= 11 is 11.7. The smallest absolute Gasteiger partial charge is 0.255 e. The van der Waals surface area contributed by atoms with E-state index >= 15 is 0 Å². The van der Waals surface area contributed by atoms with E-state index in [4.69, 9.17) is 23.2 Å². The summed E-state index contributed by atoms with van der Waals surface area (Å²) in [7, 11) is 0. The fourth-order valence-electron chi connectivity index (χ4n) is 1.64. The summed E-state index contributed by atoms with van der Waals surface area (Å²) in [4.78, 5) is 16.2. The summed E-state index contributed by atoms with van der Waals surface area (Å²) in [6, 6.07) is 10.1. The monoisotopic (exact) mass is 309 g/mol. The second-order valence-electron chi connectivity index (χ2n) is 4.06. The topological polar surface area (TPSA) is 54.0 Å². The minimum absolute atomic E-state index is 0.254. The molecule has 1 amide bonds. The predicted molar refractivity (Wildman–Crippen MR) is 82.8 cm³/mol. The van der Waals surface area contributed by atoms with Crippen LogP contribution in [0.15, 0.2) is 36.4 Å². The maximum Gasteiger partial charge on any atom is 0.255 e. The lowest BCUT2D eigenvalue weighted by Crippen LogP contribution is -2.13. The summed E-state index contributed by atoms with van der Waals surface area (Å²) in [6.07, 6.45) is 0. The number of benzene rings is 1. The van der Waals surface area contributed by atoms with Gasteiger partial charge < -0.3 is 10.6 Å². The standard InChI is InChI=1S/C14H13Cl2N3O/c1-2-17-13-8-9(7-12(16)19-13)14(20)18-11-5-3-10(15)4-6-11/h3-8H,2H2,1H3,(H,17,19)(H,18,20). The van der Waals surface area contributed by atoms with Crippen molar-refractivity contribution in [1.82, 2.24) is 4.98 Å². The molecule has 2 rings (SSSR count). The molecular formula is C14H13Cl2N3O. The van der Waals surface area contributed by atoms with E-state index in [-0.39, 0.29) is 11.1 Å². The molecule has 0 atom stereocenters. The highest BCUT2D eigenvalue weighted by atomic mass is 35.5. The number of nitrogens with zero attached hydrogens (tertiary/aromatic N) is 1. The second kappa shape index (κ2) is 6.59. The van der Waals surface area contributed by atoms with Crippen molar-refractivity contribution < 1.29 is 4.79 Å². The summed E-state index contributed by atoms with van der Waals surface area (Å²) in [5, 5.41) is 6.68. The van der Waals surface area contributed by atoms with Gasteiger partial charge in [0.25, 0.3) is 5.91 Å². The normalized spacial score (nSPS) is 10.2. The number of nitrogens with one attached hydrogen (secondary N) is 2. The first-order chi connectivity index (χ1) is 9.58. The molecule has 0 spiro atoms. The van der Waals surface area contributed by atoms with Crippen molar-refractivity contribution in [2.24, 2.45) is 0 Å². The van der Waals surface area contributed by atoms with Crippen LogP contribution in [0.3, 0.4) is 0 Å². The van der Waals surface area contributed by atoms with Crippen LogP contribution in [0.5, 0.6) is 0 Å². The van der Waals surface area contributed by atoms with Crippen LogP contribution in [0.4, 0.5) is 11.5 Å². The van der Waals surface area contributed by atoms with Gasteiger partial charge in [-0.05, 0) is 43.3 Å². The Morgan fingerprint density at radius 1 is 1.20 bits per heavy atom. The van der Waals surface area contributed by atoms with Crippen molar-refractivity contribution in [2.75, 3.05) is 17.2 Å². The van der Waals surface area contributed by atoms with Gasteiger partial charge in [-0.25, -0.2) is 4.98 Å². The number of carbonyl (C=O) groups excluding carboxylic acids is 1. The maximum atomic E-state index is 12.1. The van der Waals surface area contributed by atoms with Crippen LogP contribution >= 0.6 is 23.2 Å². The van der Waals surface area contributed by atoms with Crippen molar-refractivity contribution in [3.63, 3.8) is 0 Å². The molecule has 0 radical (unpaired) electrons. The number of hydrogen-bond acceptors (Lipinski definition) is 3. The van der Waals surface area contributed by atoms with Gasteiger partial charge in [-0.15, -0.1) is 0 Å². The van der Waals surface area contributed by atoms with Crippen LogP contribution in [0, 0.1) is 0 Å². The van der Waals surface area contributed by atoms with Crippen LogP contribution in [0.1, 0.15) is 17.3 Å². The van der Waals surface area contributed by atoms with E-state index in [2.05, 4.69) is 15.6 Å². The fraction of sp³-hybridized carbons (Fsp3) is 0.143. The van der Waals surface area contributed by atoms with Gasteiger partial charge in [-0.1, -0.05) is 23.2 Å². The van der Waals surface area contributed by atoms with Crippen molar-refractivity contribution >= 4 is 40.6 Å². The van der Waals surface area contributed by atoms with Gasteiger partial charge in [0.2, 0.25) is 0 Å². The highest BCUT2D eigenvalue weighted by Crippen LogP contribution is 2.17. The summed E-state index contributed by atoms with van der Waals surface area (Å²) < 4.78 is 0. The maximum absolute atomic E-state index is 12.1. The zero-order valence-corrected chi connectivity index (χ0v) is 12.3. The quantitative estimate of drug-likeness (QED) is 0.837. The Morgan fingerprint density at radius 3 is 2.55 bits per heavy atom. The Balaban J connectivity index is 2.18. The molecule has 1 aromatic carbocycles. The van der Waals surface area contributed by atoms with E-state index in [9.17, 15) is 4.79 Å². The third-order valence-corrected chi connectivity index (χ3v) is 2.96. The average molecular weight is 310 g/mol. The molecule has 0 saturated heterocycles. The van der Waals surface area contributed by atoms with Crippen LogP contribution in [-0.4, -0.2) is 17.4 Å². The lowest BCUT2D eigenvalue weighted by atomic mass is 10.2. The largest absolute Gasteiger partial charge is 0.370 e. The molecule has 1 heterocycles. The number of aromatic nitrogens is 1. The van der Waals surface area contributed by atoms with Gasteiger partial charge in [0, 0.05) is 22.8 Å². The molecule has 20 heavy (non-hydrogen) atoms. The molecule has 0 bridgehead atoms. The summed E-state index contributed by atoms with van der Waals surface area (Å²) in [5.41, 5.74) is 1.10. The van der Waals surface area contributed by atoms with Gasteiger partial charge in [-0.3, -0.25) is 4.79 Å². The number of hydrogen-bond donors (Lipinski definition) is 2. The van der Waals surface area contributed by atoms with Crippen molar-refractivity contribution in [2.45, 2.75) is 6.92 Å². The SMILES string of the molecule is CCNc1cc(C(=O)Nc2ccc(Cl)cc2)cc(Cl)n1. The number of amides is 1. The van der Waals surface area contributed by atoms with E-state index < -0.39 is 0 Å². The fourth-order valence-corrected chi connectivity index (χ4v) is 1.97. The Bertz CT molecular complexity index is 614.